The number of para-hydroxylation sites is 1. The van der Waals surface area contributed by atoms with Crippen molar-refractivity contribution in [3.63, 3.8) is 0 Å². The number of nitrogens with one attached hydrogen (secondary N) is 2. The van der Waals surface area contributed by atoms with E-state index in [9.17, 15) is 39.9 Å². The first-order valence-corrected chi connectivity index (χ1v) is 26.0. The van der Waals surface area contributed by atoms with Gasteiger partial charge in [-0.3, -0.25) is 14.8 Å². The molecule has 4 saturated carbocycles. The number of carboxylic acid groups (broad SMARTS) is 2. The van der Waals surface area contributed by atoms with Gasteiger partial charge in [0.05, 0.1) is 28.6 Å². The average molecular weight is 1030 g/mol. The molecule has 4 bridgehead atoms. The van der Waals surface area contributed by atoms with Gasteiger partial charge in [-0.15, -0.1) is 0 Å². The van der Waals surface area contributed by atoms with Crippen molar-refractivity contribution in [1.29, 1.82) is 0 Å². The Balaban J connectivity index is 0.735. The lowest BCUT2D eigenvalue weighted by Crippen LogP contribution is -2.64. The molecule has 2 unspecified atom stereocenters. The van der Waals surface area contributed by atoms with E-state index in [-0.39, 0.29) is 33.4 Å². The highest BCUT2D eigenvalue weighted by molar-refractivity contribution is 7.22. The van der Waals surface area contributed by atoms with Crippen LogP contribution in [0.1, 0.15) is 95.6 Å². The SMILES string of the molecule is Cc1c(-c2ccc(N3CCc4cccc(C(=O)Nc5nc6ccccc6s5)c4C3)nc2C(=O)O)cnn1CC12CC3(C)CC(C)(C1)CC(OCCNCc1ccc(O[C@@H]4O[C@H](C(=O)O)[C@@H](O)[C@H](O)[C@H]4O)cc1)(C3)C2. The zero-order valence-electron chi connectivity index (χ0n) is 41.5. The lowest BCUT2D eigenvalue weighted by Gasteiger charge is -2.69. The van der Waals surface area contributed by atoms with Crippen molar-refractivity contribution >= 4 is 50.3 Å². The van der Waals surface area contributed by atoms with Gasteiger partial charge in [-0.1, -0.05) is 61.6 Å². The molecular formula is C55H61N7O11S. The number of rotatable bonds is 16. The molecule has 7 N–H and O–H groups in total. The maximum Gasteiger partial charge on any atom is 0.355 e. The van der Waals surface area contributed by atoms with Crippen LogP contribution in [0.5, 0.6) is 5.75 Å². The van der Waals surface area contributed by atoms with Crippen LogP contribution in [0, 0.1) is 23.2 Å². The molecular weight excluding hydrogens is 967 g/mol. The minimum Gasteiger partial charge on any atom is -0.479 e. The molecule has 0 radical (unpaired) electrons. The van der Waals surface area contributed by atoms with Gasteiger partial charge in [0, 0.05) is 55.1 Å². The van der Waals surface area contributed by atoms with Gasteiger partial charge in [-0.05, 0) is 127 Å². The third-order valence-corrected chi connectivity index (χ3v) is 16.9. The molecule has 19 heteroatoms. The van der Waals surface area contributed by atoms with Crippen molar-refractivity contribution in [3.05, 3.63) is 119 Å². The summed E-state index contributed by atoms with van der Waals surface area (Å²) >= 11 is 1.43. The van der Waals surface area contributed by atoms with E-state index >= 15 is 0 Å². The van der Waals surface area contributed by atoms with E-state index in [0.717, 1.165) is 76.7 Å². The number of thiazole rings is 1. The fourth-order valence-electron chi connectivity index (χ4n) is 14.0. The number of carbonyl (C=O) groups excluding carboxylic acids is 1. The van der Waals surface area contributed by atoms with Gasteiger partial charge >= 0.3 is 11.9 Å². The van der Waals surface area contributed by atoms with Crippen LogP contribution in [0.15, 0.2) is 85.1 Å². The largest absolute Gasteiger partial charge is 0.479 e. The standard InChI is InChI=1S/C55H61N7O11S/c1-31-37(35-15-16-41(59-42(35)48(67)68)61-19-17-33-7-6-8-36(38(33)23-61)47(66)60-51-58-39-9-4-5-10-40(39)74-51)22-57-62(31)30-54-25-52(2)24-53(3,26-54)28-55(27-52,29-54)71-20-18-56-21-32-11-13-34(14-12-32)72-50-45(65)43(63)44(64)46(73-50)49(69)70/h4-16,22,43-46,50,56,63-65H,17-21,23-30H2,1-3H3,(H,67,68)(H,69,70)(H,58,60,66)/t43-,44-,45+,46-,50+,52?,53?,54?,55?/m0/s1. The first-order chi connectivity index (χ1) is 35.4. The summed E-state index contributed by atoms with van der Waals surface area (Å²) in [4.78, 5) is 49.6. The molecule has 388 valence electrons. The first kappa shape index (κ1) is 49.9. The minimum atomic E-state index is -1.80. The molecule has 4 aliphatic carbocycles. The van der Waals surface area contributed by atoms with Crippen LogP contribution in [0.25, 0.3) is 21.3 Å². The molecule has 74 heavy (non-hydrogen) atoms. The summed E-state index contributed by atoms with van der Waals surface area (Å²) in [5.41, 5.74) is 6.19. The third kappa shape index (κ3) is 9.54. The van der Waals surface area contributed by atoms with Crippen molar-refractivity contribution < 1.29 is 54.1 Å². The summed E-state index contributed by atoms with van der Waals surface area (Å²) in [6, 6.07) is 24.2. The zero-order chi connectivity index (χ0) is 51.7. The number of aromatic carboxylic acids is 1. The Kier molecular flexibility index (Phi) is 12.9. The van der Waals surface area contributed by atoms with E-state index in [0.29, 0.717) is 73.6 Å². The van der Waals surface area contributed by atoms with Crippen molar-refractivity contribution in [2.24, 2.45) is 16.2 Å². The summed E-state index contributed by atoms with van der Waals surface area (Å²) in [6.07, 6.45) is 0.160. The highest BCUT2D eigenvalue weighted by atomic mass is 32.1. The number of fused-ring (bicyclic) bond motifs is 2. The van der Waals surface area contributed by atoms with Crippen LogP contribution in [0.2, 0.25) is 0 Å². The van der Waals surface area contributed by atoms with Gasteiger partial charge in [-0.2, -0.15) is 5.10 Å². The minimum absolute atomic E-state index is 0.0499. The first-order valence-electron chi connectivity index (χ1n) is 25.2. The fraction of sp³-hybridized carbons (Fsp3) is 0.455. The van der Waals surface area contributed by atoms with Gasteiger partial charge in [0.15, 0.2) is 16.9 Å². The van der Waals surface area contributed by atoms with Gasteiger partial charge < -0.3 is 50.0 Å². The predicted octanol–water partition coefficient (Wildman–Crippen LogP) is 6.57. The van der Waals surface area contributed by atoms with E-state index in [1.807, 2.05) is 78.6 Å². The van der Waals surface area contributed by atoms with Crippen LogP contribution < -0.4 is 20.3 Å². The van der Waals surface area contributed by atoms with Crippen molar-refractivity contribution in [2.45, 2.75) is 122 Å². The van der Waals surface area contributed by atoms with Gasteiger partial charge in [-0.25, -0.2) is 19.6 Å². The number of aliphatic hydroxyl groups is 3. The highest BCUT2D eigenvalue weighted by Gasteiger charge is 2.66. The Bertz CT molecular complexity index is 3090. The molecule has 1 amide bonds. The van der Waals surface area contributed by atoms with E-state index in [4.69, 9.17) is 24.3 Å². The molecule has 5 heterocycles. The van der Waals surface area contributed by atoms with Crippen molar-refractivity contribution in [1.82, 2.24) is 25.1 Å². The Morgan fingerprint density at radius 3 is 2.36 bits per heavy atom. The monoisotopic (exact) mass is 1030 g/mol. The Morgan fingerprint density at radius 2 is 1.62 bits per heavy atom. The van der Waals surface area contributed by atoms with E-state index < -0.39 is 42.6 Å². The van der Waals surface area contributed by atoms with Crippen LogP contribution in [-0.4, -0.2) is 119 Å². The highest BCUT2D eigenvalue weighted by Crippen LogP contribution is 2.72. The summed E-state index contributed by atoms with van der Waals surface area (Å²) in [5.74, 6) is -2.03. The quantitative estimate of drug-likeness (QED) is 0.0506. The number of ether oxygens (including phenoxy) is 3. The number of carboxylic acids is 2. The number of nitrogens with zero attached hydrogens (tertiary/aromatic N) is 5. The molecule has 7 atom stereocenters. The van der Waals surface area contributed by atoms with E-state index in [1.54, 1.807) is 18.3 Å². The van der Waals surface area contributed by atoms with E-state index in [1.165, 1.54) is 11.3 Å². The number of aromatic nitrogens is 4. The topological polar surface area (TPSA) is 251 Å². The Morgan fingerprint density at radius 1 is 0.851 bits per heavy atom. The lowest BCUT2D eigenvalue weighted by molar-refractivity contribution is -0.271. The molecule has 5 fully saturated rings. The molecule has 3 aromatic heterocycles. The van der Waals surface area contributed by atoms with Crippen LogP contribution >= 0.6 is 11.3 Å². The average Bonchev–Trinajstić information content (AvgIpc) is 3.93. The molecule has 3 aromatic carbocycles. The predicted molar refractivity (Wildman–Crippen MR) is 274 cm³/mol. The number of amides is 1. The maximum absolute atomic E-state index is 13.7. The third-order valence-electron chi connectivity index (χ3n) is 16.0. The second-order valence-electron chi connectivity index (χ2n) is 22.1. The second kappa shape index (κ2) is 19.1. The number of anilines is 2. The van der Waals surface area contributed by atoms with E-state index in [2.05, 4.69) is 34.1 Å². The summed E-state index contributed by atoms with van der Waals surface area (Å²) < 4.78 is 20.9. The molecule has 6 aliphatic rings. The molecule has 12 rings (SSSR count). The normalized spacial score (nSPS) is 29.1. The van der Waals surface area contributed by atoms with Crippen LogP contribution in [0.3, 0.4) is 0 Å². The lowest BCUT2D eigenvalue weighted by atomic mass is 9.39. The molecule has 1 saturated heterocycles. The number of benzene rings is 3. The fourth-order valence-corrected chi connectivity index (χ4v) is 14.8. The maximum atomic E-state index is 13.7. The number of hydrogen-bond donors (Lipinski definition) is 7. The van der Waals surface area contributed by atoms with Gasteiger partial charge in [0.25, 0.3) is 5.91 Å². The number of pyridine rings is 1. The number of hydrogen-bond acceptors (Lipinski definition) is 15. The molecule has 0 spiro atoms. The zero-order valence-corrected chi connectivity index (χ0v) is 42.3. The van der Waals surface area contributed by atoms with Crippen molar-refractivity contribution in [3.8, 4) is 16.9 Å². The van der Waals surface area contributed by atoms with Crippen LogP contribution in [0.4, 0.5) is 10.9 Å². The molecule has 18 nitrogen and oxygen atoms in total. The van der Waals surface area contributed by atoms with Gasteiger partial charge in [0.1, 0.15) is 29.9 Å². The number of aliphatic carboxylic acids is 1. The number of aliphatic hydroxyl groups excluding tert-OH is 3. The summed E-state index contributed by atoms with van der Waals surface area (Å²) in [6.45, 7) is 10.2. The Hall–Kier alpha value is -6.32. The van der Waals surface area contributed by atoms with Crippen molar-refractivity contribution in [2.75, 3.05) is 29.9 Å². The summed E-state index contributed by atoms with van der Waals surface area (Å²) in [5, 5.41) is 62.4. The molecule has 2 aliphatic heterocycles. The smallest absolute Gasteiger partial charge is 0.355 e. The Labute approximate surface area is 431 Å². The number of carbonyl (C=O) groups is 3. The molecule has 6 aromatic rings. The van der Waals surface area contributed by atoms with Gasteiger partial charge in [0.2, 0.25) is 6.29 Å². The second-order valence-corrected chi connectivity index (χ2v) is 23.1. The summed E-state index contributed by atoms with van der Waals surface area (Å²) in [7, 11) is 0. The van der Waals surface area contributed by atoms with Crippen LogP contribution in [-0.2, 0) is 40.3 Å².